The molecule has 35 heavy (non-hydrogen) atoms. The molecule has 3 aromatic rings. The Balaban J connectivity index is 1.69. The van der Waals surface area contributed by atoms with Crippen LogP contribution in [0.4, 0.5) is 5.69 Å². The van der Waals surface area contributed by atoms with E-state index in [0.717, 1.165) is 0 Å². The zero-order chi connectivity index (χ0) is 25.2. The minimum Gasteiger partial charge on any atom is -0.505 e. The van der Waals surface area contributed by atoms with Gasteiger partial charge in [-0.1, -0.05) is 23.2 Å². The predicted octanol–water partition coefficient (Wildman–Crippen LogP) is 3.11. The van der Waals surface area contributed by atoms with Crippen LogP contribution >= 0.6 is 23.2 Å². The van der Waals surface area contributed by atoms with Crippen LogP contribution in [-0.2, 0) is 9.53 Å². The summed E-state index contributed by atoms with van der Waals surface area (Å²) in [7, 11) is 0. The van der Waals surface area contributed by atoms with Gasteiger partial charge in [0, 0.05) is 22.4 Å². The highest BCUT2D eigenvalue weighted by Crippen LogP contribution is 2.42. The van der Waals surface area contributed by atoms with Crippen LogP contribution in [0.2, 0.25) is 10.0 Å². The van der Waals surface area contributed by atoms with Gasteiger partial charge in [0.15, 0.2) is 12.0 Å². The summed E-state index contributed by atoms with van der Waals surface area (Å²) in [6.07, 6.45) is -4.88. The van der Waals surface area contributed by atoms with E-state index in [0.29, 0.717) is 26.6 Å². The van der Waals surface area contributed by atoms with Crippen LogP contribution in [0.15, 0.2) is 41.4 Å². The Labute approximate surface area is 209 Å². The number of carbonyl (C=O) groups excluding carboxylic acids is 2. The van der Waals surface area contributed by atoms with Crippen molar-refractivity contribution in [3.05, 3.63) is 57.7 Å². The summed E-state index contributed by atoms with van der Waals surface area (Å²) >= 11 is 12.2. The molecule has 182 valence electrons. The Morgan fingerprint density at radius 1 is 1.11 bits per heavy atom. The second-order valence-electron chi connectivity index (χ2n) is 8.62. The van der Waals surface area contributed by atoms with Crippen molar-refractivity contribution in [1.82, 2.24) is 9.88 Å². The van der Waals surface area contributed by atoms with E-state index in [1.807, 2.05) is 0 Å². The van der Waals surface area contributed by atoms with Crippen molar-refractivity contribution in [2.45, 2.75) is 44.4 Å². The van der Waals surface area contributed by atoms with Crippen LogP contribution in [0.5, 0.6) is 5.75 Å². The van der Waals surface area contributed by atoms with E-state index in [4.69, 9.17) is 27.9 Å². The molecule has 0 bridgehead atoms. The van der Waals surface area contributed by atoms with Gasteiger partial charge in [-0.05, 0) is 43.3 Å². The minimum atomic E-state index is -1.53. The van der Waals surface area contributed by atoms with Gasteiger partial charge < -0.3 is 29.9 Å². The molecular formula is C24H21Cl2N3O6. The molecule has 2 aromatic carbocycles. The summed E-state index contributed by atoms with van der Waals surface area (Å²) in [5.74, 6) is -1.14. The minimum absolute atomic E-state index is 0.000941. The Morgan fingerprint density at radius 2 is 1.80 bits per heavy atom. The molecule has 2 aliphatic rings. The first-order valence-corrected chi connectivity index (χ1v) is 11.6. The van der Waals surface area contributed by atoms with Crippen LogP contribution in [0.25, 0.3) is 10.9 Å². The number of benzene rings is 2. The third kappa shape index (κ3) is 3.80. The molecule has 5 rings (SSSR count). The molecule has 0 unspecified atom stereocenters. The topological polar surface area (TPSA) is 133 Å². The predicted molar refractivity (Wildman–Crippen MR) is 130 cm³/mol. The van der Waals surface area contributed by atoms with E-state index >= 15 is 0 Å². The molecule has 9 nitrogen and oxygen atoms in total. The molecule has 3 heterocycles. The van der Waals surface area contributed by atoms with Gasteiger partial charge in [-0.3, -0.25) is 9.59 Å². The molecule has 0 saturated carbocycles. The molecule has 1 aromatic heterocycles. The maximum Gasteiger partial charge on any atom is 0.217 e. The summed E-state index contributed by atoms with van der Waals surface area (Å²) in [5.41, 5.74) is 0.974. The molecule has 1 amide bonds. The van der Waals surface area contributed by atoms with Gasteiger partial charge in [0.1, 0.15) is 23.6 Å². The number of ketones is 1. The lowest BCUT2D eigenvalue weighted by atomic mass is 9.95. The number of nitrogens with one attached hydrogen (secondary N) is 1. The number of aromatic hydroxyl groups is 1. The van der Waals surface area contributed by atoms with Crippen LogP contribution < -0.4 is 5.32 Å². The molecule has 0 radical (unpaired) electrons. The van der Waals surface area contributed by atoms with E-state index < -0.39 is 42.3 Å². The molecule has 11 heteroatoms. The van der Waals surface area contributed by atoms with Gasteiger partial charge in [-0.2, -0.15) is 0 Å². The summed E-state index contributed by atoms with van der Waals surface area (Å²) in [4.78, 5) is 29.4. The van der Waals surface area contributed by atoms with E-state index in [1.165, 1.54) is 23.6 Å². The van der Waals surface area contributed by atoms with Gasteiger partial charge in [0.05, 0.1) is 28.9 Å². The van der Waals surface area contributed by atoms with Crippen molar-refractivity contribution in [1.29, 1.82) is 0 Å². The maximum absolute atomic E-state index is 13.3. The lowest BCUT2D eigenvalue weighted by molar-refractivity contribution is -0.206. The summed E-state index contributed by atoms with van der Waals surface area (Å²) in [6.45, 7) is 2.94. The Hall–Kier alpha value is -2.95. The van der Waals surface area contributed by atoms with Crippen molar-refractivity contribution < 1.29 is 29.6 Å². The quantitative estimate of drug-likeness (QED) is 0.421. The molecule has 1 fully saturated rings. The number of aliphatic hydroxyl groups excluding tert-OH is 2. The molecule has 1 saturated heterocycles. The zero-order valence-corrected chi connectivity index (χ0v) is 20.1. The normalized spacial score (nSPS) is 26.1. The first-order chi connectivity index (χ1) is 16.6. The number of ether oxygens (including phenoxy) is 1. The van der Waals surface area contributed by atoms with Crippen molar-refractivity contribution in [2.24, 2.45) is 4.99 Å². The fourth-order valence-corrected chi connectivity index (χ4v) is 5.05. The van der Waals surface area contributed by atoms with Crippen molar-refractivity contribution >= 4 is 57.2 Å². The molecule has 2 aliphatic heterocycles. The third-order valence-electron chi connectivity index (χ3n) is 6.31. The maximum atomic E-state index is 13.3. The number of aliphatic hydroxyl groups is 2. The number of aromatic nitrogens is 1. The first kappa shape index (κ1) is 23.8. The highest BCUT2D eigenvalue weighted by Gasteiger charge is 2.46. The second-order valence-corrected chi connectivity index (χ2v) is 9.49. The fourth-order valence-electron chi connectivity index (χ4n) is 4.70. The number of aliphatic imine (C=N–C) groups is 1. The number of hydrogen-bond donors (Lipinski definition) is 4. The van der Waals surface area contributed by atoms with Crippen LogP contribution in [0, 0.1) is 0 Å². The Morgan fingerprint density at radius 3 is 2.51 bits per heavy atom. The largest absolute Gasteiger partial charge is 0.505 e. The van der Waals surface area contributed by atoms with Crippen molar-refractivity contribution in [3.8, 4) is 5.75 Å². The summed E-state index contributed by atoms with van der Waals surface area (Å²) in [6, 6.07) is 8.54. The van der Waals surface area contributed by atoms with Gasteiger partial charge >= 0.3 is 0 Å². The molecular weight excluding hydrogens is 497 g/mol. The second kappa shape index (κ2) is 8.61. The Kier molecular flexibility index (Phi) is 5.85. The standard InChI is InChI=1S/C24H21Cl2N3O6/c1-9-17(27-10(2)30)22(33)23(34)24(35-9)29-16-6-4-12(26)8-14(16)21(32)19(29)18-20(31)13-7-11(25)3-5-15(13)28-18/h3-9,17,22-24,32-34H,1-2H3,(H,27,30)/t9-,17-,22+,23-,24+/m1/s1. The number of nitrogens with zero attached hydrogens (tertiary/aromatic N) is 2. The smallest absolute Gasteiger partial charge is 0.217 e. The van der Waals surface area contributed by atoms with Gasteiger partial charge in [0.2, 0.25) is 11.7 Å². The van der Waals surface area contributed by atoms with Crippen LogP contribution in [0.3, 0.4) is 0 Å². The number of carbonyl (C=O) groups is 2. The van der Waals surface area contributed by atoms with Gasteiger partial charge in [0.25, 0.3) is 0 Å². The number of halogens is 2. The van der Waals surface area contributed by atoms with Crippen molar-refractivity contribution in [3.63, 3.8) is 0 Å². The first-order valence-electron chi connectivity index (χ1n) is 10.8. The highest BCUT2D eigenvalue weighted by atomic mass is 35.5. The molecule has 4 N–H and O–H groups in total. The average Bonchev–Trinajstić information content (AvgIpc) is 3.27. The summed E-state index contributed by atoms with van der Waals surface area (Å²) in [5, 5.41) is 36.7. The van der Waals surface area contributed by atoms with E-state index in [1.54, 1.807) is 31.2 Å². The molecule has 0 aliphatic carbocycles. The van der Waals surface area contributed by atoms with Crippen molar-refractivity contribution in [2.75, 3.05) is 0 Å². The Bertz CT molecular complexity index is 1420. The summed E-state index contributed by atoms with van der Waals surface area (Å²) < 4.78 is 7.49. The molecule has 0 spiro atoms. The highest BCUT2D eigenvalue weighted by molar-refractivity contribution is 6.55. The van der Waals surface area contributed by atoms with E-state index in [-0.39, 0.29) is 22.7 Å². The van der Waals surface area contributed by atoms with E-state index in [9.17, 15) is 24.9 Å². The SMILES string of the molecule is CC(=O)N[C@H]1[C@H](O)[C@@H](O)[C@@H](n2c(C3=Nc4ccc(Cl)cc4C3=O)c(O)c3cc(Cl)ccc32)O[C@@H]1C. The number of Topliss-reactive ketones (excluding diaryl/α,β-unsaturated/α-hetero) is 1. The lowest BCUT2D eigenvalue weighted by Crippen LogP contribution is -2.61. The van der Waals surface area contributed by atoms with E-state index in [2.05, 4.69) is 10.3 Å². The molecule has 5 atom stereocenters. The van der Waals surface area contributed by atoms with Crippen LogP contribution in [-0.4, -0.2) is 61.6 Å². The zero-order valence-electron chi connectivity index (χ0n) is 18.6. The van der Waals surface area contributed by atoms with Crippen LogP contribution in [0.1, 0.15) is 36.1 Å². The number of fused-ring (bicyclic) bond motifs is 2. The third-order valence-corrected chi connectivity index (χ3v) is 6.78. The number of rotatable bonds is 3. The fraction of sp³-hybridized carbons (Fsp3) is 0.292. The number of amides is 1. The average molecular weight is 518 g/mol. The lowest BCUT2D eigenvalue weighted by Gasteiger charge is -2.42. The number of hydrogen-bond acceptors (Lipinski definition) is 7. The van der Waals surface area contributed by atoms with Gasteiger partial charge in [-0.25, -0.2) is 4.99 Å². The monoisotopic (exact) mass is 517 g/mol. The van der Waals surface area contributed by atoms with Gasteiger partial charge in [-0.15, -0.1) is 0 Å².